The van der Waals surface area contributed by atoms with Crippen LogP contribution in [0.2, 0.25) is 5.02 Å². The molecule has 0 saturated heterocycles. The maximum Gasteiger partial charge on any atom is 0.146 e. The fraction of sp³-hybridized carbons (Fsp3) is 0. The molecule has 0 aliphatic carbocycles. The molecular formula is C18H13ClN4. The van der Waals surface area contributed by atoms with Gasteiger partial charge >= 0.3 is 0 Å². The number of hydrogen-bond acceptors (Lipinski definition) is 4. The van der Waals surface area contributed by atoms with Gasteiger partial charge in [0, 0.05) is 41.1 Å². The number of nitrogens with zero attached hydrogens (tertiary/aromatic N) is 3. The van der Waals surface area contributed by atoms with Gasteiger partial charge in [0.05, 0.1) is 11.4 Å². The van der Waals surface area contributed by atoms with Crippen molar-refractivity contribution in [2.75, 3.05) is 5.32 Å². The Hall–Kier alpha value is -2.85. The zero-order valence-electron chi connectivity index (χ0n) is 12.1. The molecule has 2 aromatic rings. The molecule has 4 rings (SSSR count). The smallest absolute Gasteiger partial charge is 0.146 e. The van der Waals surface area contributed by atoms with Crippen LogP contribution in [0.3, 0.4) is 0 Å². The number of fused-ring (bicyclic) bond motifs is 2. The number of amidine groups is 1. The zero-order valence-corrected chi connectivity index (χ0v) is 12.9. The first kappa shape index (κ1) is 13.8. The molecule has 2 heterocycles. The van der Waals surface area contributed by atoms with Gasteiger partial charge in [0.1, 0.15) is 5.84 Å². The molecule has 2 aliphatic heterocycles. The molecule has 0 radical (unpaired) electrons. The molecule has 0 atom stereocenters. The Balaban J connectivity index is 1.93. The van der Waals surface area contributed by atoms with Gasteiger partial charge in [-0.05, 0) is 36.4 Å². The van der Waals surface area contributed by atoms with E-state index in [4.69, 9.17) is 16.6 Å². The summed E-state index contributed by atoms with van der Waals surface area (Å²) in [6.07, 6.45) is 9.16. The lowest BCUT2D eigenvalue weighted by atomic mass is 10.1. The first-order chi connectivity index (χ1) is 11.3. The van der Waals surface area contributed by atoms with E-state index in [0.717, 1.165) is 28.5 Å². The summed E-state index contributed by atoms with van der Waals surface area (Å²) in [4.78, 5) is 10.9. The summed E-state index contributed by atoms with van der Waals surface area (Å²) in [5.41, 5.74) is 3.74. The fourth-order valence-corrected chi connectivity index (χ4v) is 2.70. The average Bonchev–Trinajstić information content (AvgIpc) is 2.91. The first-order valence-electron chi connectivity index (χ1n) is 7.21. The molecule has 5 heteroatoms. The minimum atomic E-state index is 0.657. The number of halogens is 1. The van der Waals surface area contributed by atoms with Crippen molar-refractivity contribution < 1.29 is 0 Å². The number of rotatable bonds is 0. The average molecular weight is 321 g/mol. The van der Waals surface area contributed by atoms with Gasteiger partial charge in [0.2, 0.25) is 0 Å². The van der Waals surface area contributed by atoms with Crippen molar-refractivity contribution in [2.24, 2.45) is 9.98 Å². The van der Waals surface area contributed by atoms with Crippen molar-refractivity contribution in [3.8, 4) is 0 Å². The first-order valence-corrected chi connectivity index (χ1v) is 7.59. The number of aliphatic imine (C=N–C) groups is 2. The second-order valence-corrected chi connectivity index (χ2v) is 5.55. The SMILES string of the molecule is Clc1ccc2c(c1)N=C(N1C=CC=NC=C1)c1ccccc1N2. The largest absolute Gasteiger partial charge is 0.353 e. The molecule has 0 unspecified atom stereocenters. The van der Waals surface area contributed by atoms with Crippen LogP contribution in [-0.2, 0) is 0 Å². The maximum absolute atomic E-state index is 6.14. The standard InChI is InChI=1S/C18H13ClN4/c19-13-6-7-16-17(12-13)22-18(23-10-3-8-20-9-11-23)14-4-1-2-5-15(14)21-16/h1-12,21H. The highest BCUT2D eigenvalue weighted by Gasteiger charge is 2.19. The summed E-state index contributed by atoms with van der Waals surface area (Å²) in [5.74, 6) is 0.812. The van der Waals surface area contributed by atoms with E-state index in [1.807, 2.05) is 65.8 Å². The minimum absolute atomic E-state index is 0.657. The molecule has 2 aromatic carbocycles. The molecule has 0 fully saturated rings. The Labute approximate surface area is 139 Å². The number of para-hydroxylation sites is 1. The Morgan fingerprint density at radius 2 is 1.91 bits per heavy atom. The van der Waals surface area contributed by atoms with Gasteiger partial charge in [0.15, 0.2) is 0 Å². The van der Waals surface area contributed by atoms with E-state index in [1.54, 1.807) is 12.4 Å². The highest BCUT2D eigenvalue weighted by Crippen LogP contribution is 2.36. The molecule has 0 aromatic heterocycles. The zero-order chi connectivity index (χ0) is 15.6. The summed E-state index contributed by atoms with van der Waals surface area (Å²) in [6.45, 7) is 0. The van der Waals surface area contributed by atoms with Crippen LogP contribution in [0.4, 0.5) is 17.1 Å². The molecule has 0 amide bonds. The summed E-state index contributed by atoms with van der Waals surface area (Å²) >= 11 is 6.14. The molecule has 2 aliphatic rings. The summed E-state index contributed by atoms with van der Waals surface area (Å²) in [5, 5.41) is 4.09. The topological polar surface area (TPSA) is 40.0 Å². The van der Waals surface area contributed by atoms with Crippen molar-refractivity contribution in [1.82, 2.24) is 4.90 Å². The molecule has 0 spiro atoms. The van der Waals surface area contributed by atoms with E-state index in [0.29, 0.717) is 5.02 Å². The van der Waals surface area contributed by atoms with Crippen LogP contribution in [0.15, 0.2) is 77.1 Å². The second kappa shape index (κ2) is 5.74. The van der Waals surface area contributed by atoms with Crippen molar-refractivity contribution in [1.29, 1.82) is 0 Å². The van der Waals surface area contributed by atoms with Crippen LogP contribution in [0.25, 0.3) is 0 Å². The van der Waals surface area contributed by atoms with Crippen LogP contribution in [0.5, 0.6) is 0 Å². The Morgan fingerprint density at radius 1 is 1.00 bits per heavy atom. The molecule has 1 N–H and O–H groups in total. The van der Waals surface area contributed by atoms with E-state index < -0.39 is 0 Å². The van der Waals surface area contributed by atoms with E-state index in [9.17, 15) is 0 Å². The number of hydrogen-bond donors (Lipinski definition) is 1. The number of benzene rings is 2. The van der Waals surface area contributed by atoms with Crippen LogP contribution in [0.1, 0.15) is 5.56 Å². The molecule has 23 heavy (non-hydrogen) atoms. The van der Waals surface area contributed by atoms with Crippen LogP contribution in [-0.4, -0.2) is 17.0 Å². The predicted octanol–water partition coefficient (Wildman–Crippen LogP) is 4.85. The molecule has 0 bridgehead atoms. The quantitative estimate of drug-likeness (QED) is 0.754. The molecule has 112 valence electrons. The highest BCUT2D eigenvalue weighted by molar-refractivity contribution is 6.31. The van der Waals surface area contributed by atoms with E-state index in [-0.39, 0.29) is 0 Å². The van der Waals surface area contributed by atoms with Gasteiger partial charge in [-0.15, -0.1) is 0 Å². The monoisotopic (exact) mass is 320 g/mol. The van der Waals surface area contributed by atoms with Gasteiger partial charge in [0.25, 0.3) is 0 Å². The minimum Gasteiger partial charge on any atom is -0.353 e. The predicted molar refractivity (Wildman–Crippen MR) is 96.0 cm³/mol. The fourth-order valence-electron chi connectivity index (χ4n) is 2.54. The molecular weight excluding hydrogens is 308 g/mol. The van der Waals surface area contributed by atoms with Gasteiger partial charge < -0.3 is 10.2 Å². The highest BCUT2D eigenvalue weighted by atomic mass is 35.5. The number of anilines is 2. The third-order valence-corrected chi connectivity index (χ3v) is 3.84. The van der Waals surface area contributed by atoms with Crippen molar-refractivity contribution in [3.63, 3.8) is 0 Å². The Bertz CT molecular complexity index is 864. The summed E-state index contributed by atoms with van der Waals surface area (Å²) in [6, 6.07) is 13.7. The molecule has 0 saturated carbocycles. The van der Waals surface area contributed by atoms with Gasteiger partial charge in [-0.3, -0.25) is 4.99 Å². The number of nitrogens with one attached hydrogen (secondary N) is 1. The van der Waals surface area contributed by atoms with Crippen molar-refractivity contribution in [3.05, 3.63) is 77.7 Å². The summed E-state index contributed by atoms with van der Waals surface area (Å²) in [7, 11) is 0. The van der Waals surface area contributed by atoms with Gasteiger partial charge in [-0.25, -0.2) is 4.99 Å². The van der Waals surface area contributed by atoms with Crippen molar-refractivity contribution >= 4 is 40.7 Å². The lowest BCUT2D eigenvalue weighted by molar-refractivity contribution is 0.761. The van der Waals surface area contributed by atoms with Gasteiger partial charge in [-0.2, -0.15) is 0 Å². The molecule has 4 nitrogen and oxygen atoms in total. The van der Waals surface area contributed by atoms with Gasteiger partial charge in [-0.1, -0.05) is 23.7 Å². The third kappa shape index (κ3) is 2.64. The van der Waals surface area contributed by atoms with E-state index in [1.165, 1.54) is 0 Å². The lowest BCUT2D eigenvalue weighted by Gasteiger charge is -2.18. The number of allylic oxidation sites excluding steroid dienone is 1. The lowest BCUT2D eigenvalue weighted by Crippen LogP contribution is -2.21. The van der Waals surface area contributed by atoms with Crippen LogP contribution in [0, 0.1) is 0 Å². The van der Waals surface area contributed by atoms with Crippen molar-refractivity contribution in [2.45, 2.75) is 0 Å². The normalized spacial score (nSPS) is 15.2. The Kier molecular flexibility index (Phi) is 3.44. The maximum atomic E-state index is 6.14. The van der Waals surface area contributed by atoms with Crippen LogP contribution >= 0.6 is 11.6 Å². The Morgan fingerprint density at radius 3 is 2.87 bits per heavy atom. The van der Waals surface area contributed by atoms with Crippen LogP contribution < -0.4 is 5.32 Å². The van der Waals surface area contributed by atoms with E-state index in [2.05, 4.69) is 10.3 Å². The van der Waals surface area contributed by atoms with E-state index >= 15 is 0 Å². The summed E-state index contributed by atoms with van der Waals surface area (Å²) < 4.78 is 0. The second-order valence-electron chi connectivity index (χ2n) is 5.11. The third-order valence-electron chi connectivity index (χ3n) is 3.60.